The first-order chi connectivity index (χ1) is 11.7. The van der Waals surface area contributed by atoms with Crippen molar-refractivity contribution in [3.63, 3.8) is 0 Å². The molecule has 0 bridgehead atoms. The quantitative estimate of drug-likeness (QED) is 0.734. The van der Waals surface area contributed by atoms with Crippen molar-refractivity contribution >= 4 is 33.2 Å². The molecule has 0 aliphatic heterocycles. The molecule has 0 unspecified atom stereocenters. The fraction of sp³-hybridized carbons (Fsp3) is 0.278. The molecule has 4 rings (SSSR count). The van der Waals surface area contributed by atoms with Crippen molar-refractivity contribution in [2.75, 3.05) is 12.4 Å². The summed E-state index contributed by atoms with van der Waals surface area (Å²) in [6.45, 7) is 0. The Balaban J connectivity index is 1.45. The lowest BCUT2D eigenvalue weighted by atomic mass is 9.80. The van der Waals surface area contributed by atoms with E-state index in [1.807, 2.05) is 18.5 Å². The zero-order chi connectivity index (χ0) is 16.5. The Morgan fingerprint density at radius 1 is 1.25 bits per heavy atom. The Hall–Kier alpha value is -2.47. The van der Waals surface area contributed by atoms with Crippen LogP contribution in [0.2, 0.25) is 0 Å². The van der Waals surface area contributed by atoms with Crippen LogP contribution in [0.1, 0.15) is 12.8 Å². The largest absolute Gasteiger partial charge is 0.469 e. The molecule has 122 valence electrons. The number of anilines is 1. The van der Waals surface area contributed by atoms with Gasteiger partial charge in [0.1, 0.15) is 0 Å². The van der Waals surface area contributed by atoms with Gasteiger partial charge in [-0.1, -0.05) is 23.5 Å². The molecular weight excluding hydrogens is 322 g/mol. The standard InChI is InChI=1S/C18H17N3O2S/c1-23-17(22)14-7-15(8-14)21-18-20-10-16(24-18)12-2-3-13-9-19-5-4-11(13)6-12/h2-6,9-10,14-15H,7-8H2,1H3,(H,20,21). The highest BCUT2D eigenvalue weighted by Gasteiger charge is 2.35. The summed E-state index contributed by atoms with van der Waals surface area (Å²) in [6.07, 6.45) is 7.19. The first kappa shape index (κ1) is 15.1. The predicted molar refractivity (Wildman–Crippen MR) is 95.0 cm³/mol. The number of nitrogens with one attached hydrogen (secondary N) is 1. The monoisotopic (exact) mass is 339 g/mol. The number of rotatable bonds is 4. The van der Waals surface area contributed by atoms with Gasteiger partial charge in [0.2, 0.25) is 0 Å². The Morgan fingerprint density at radius 2 is 2.12 bits per heavy atom. The molecule has 0 radical (unpaired) electrons. The van der Waals surface area contributed by atoms with Crippen LogP contribution in [0.3, 0.4) is 0 Å². The van der Waals surface area contributed by atoms with Gasteiger partial charge in [-0.3, -0.25) is 9.78 Å². The molecule has 1 N–H and O–H groups in total. The van der Waals surface area contributed by atoms with E-state index >= 15 is 0 Å². The normalized spacial score (nSPS) is 19.7. The second-order valence-electron chi connectivity index (χ2n) is 6.00. The number of pyridine rings is 1. The van der Waals surface area contributed by atoms with E-state index < -0.39 is 0 Å². The first-order valence-electron chi connectivity index (χ1n) is 7.87. The van der Waals surface area contributed by atoms with Gasteiger partial charge in [0, 0.05) is 30.0 Å². The van der Waals surface area contributed by atoms with E-state index in [1.165, 1.54) is 12.5 Å². The Morgan fingerprint density at radius 3 is 2.96 bits per heavy atom. The fourth-order valence-corrected chi connectivity index (χ4v) is 3.87. The van der Waals surface area contributed by atoms with Gasteiger partial charge in [0.05, 0.1) is 17.9 Å². The molecule has 2 heterocycles. The number of ether oxygens (including phenoxy) is 1. The smallest absolute Gasteiger partial charge is 0.308 e. The number of carbonyl (C=O) groups is 1. The number of thiazole rings is 1. The number of benzene rings is 1. The van der Waals surface area contributed by atoms with E-state index in [-0.39, 0.29) is 11.9 Å². The molecule has 1 aliphatic carbocycles. The molecule has 6 heteroatoms. The lowest BCUT2D eigenvalue weighted by Gasteiger charge is -2.33. The van der Waals surface area contributed by atoms with Crippen LogP contribution in [0, 0.1) is 5.92 Å². The zero-order valence-corrected chi connectivity index (χ0v) is 14.0. The lowest BCUT2D eigenvalue weighted by Crippen LogP contribution is -2.40. The lowest BCUT2D eigenvalue weighted by molar-refractivity contribution is -0.148. The highest BCUT2D eigenvalue weighted by Crippen LogP contribution is 2.35. The third-order valence-electron chi connectivity index (χ3n) is 4.43. The van der Waals surface area contributed by atoms with E-state index in [0.717, 1.165) is 33.8 Å². The Bertz CT molecular complexity index is 887. The van der Waals surface area contributed by atoms with Crippen LogP contribution in [0.25, 0.3) is 21.2 Å². The molecule has 0 amide bonds. The van der Waals surface area contributed by atoms with Gasteiger partial charge in [0.25, 0.3) is 0 Å². The maximum atomic E-state index is 11.4. The van der Waals surface area contributed by atoms with Crippen LogP contribution in [-0.2, 0) is 9.53 Å². The van der Waals surface area contributed by atoms with Crippen molar-refractivity contribution in [3.8, 4) is 10.4 Å². The molecule has 0 atom stereocenters. The minimum atomic E-state index is -0.112. The van der Waals surface area contributed by atoms with Crippen LogP contribution >= 0.6 is 11.3 Å². The highest BCUT2D eigenvalue weighted by atomic mass is 32.1. The van der Waals surface area contributed by atoms with E-state index in [2.05, 4.69) is 33.5 Å². The van der Waals surface area contributed by atoms with Crippen molar-refractivity contribution in [2.24, 2.45) is 5.92 Å². The molecule has 24 heavy (non-hydrogen) atoms. The van der Waals surface area contributed by atoms with E-state index in [4.69, 9.17) is 4.74 Å². The van der Waals surface area contributed by atoms with Crippen LogP contribution in [0.15, 0.2) is 42.9 Å². The Kier molecular flexibility index (Phi) is 3.90. The predicted octanol–water partition coefficient (Wildman–Crippen LogP) is 3.72. The van der Waals surface area contributed by atoms with Crippen LogP contribution in [-0.4, -0.2) is 29.1 Å². The van der Waals surface area contributed by atoms with Crippen molar-refractivity contribution < 1.29 is 9.53 Å². The molecule has 1 aromatic carbocycles. The van der Waals surface area contributed by atoms with E-state index in [9.17, 15) is 4.79 Å². The first-order valence-corrected chi connectivity index (χ1v) is 8.69. The van der Waals surface area contributed by atoms with Gasteiger partial charge in [-0.15, -0.1) is 0 Å². The number of carbonyl (C=O) groups excluding carboxylic acids is 1. The van der Waals surface area contributed by atoms with Gasteiger partial charge in [-0.25, -0.2) is 4.98 Å². The van der Waals surface area contributed by atoms with Gasteiger partial charge in [-0.2, -0.15) is 0 Å². The number of hydrogen-bond donors (Lipinski definition) is 1. The molecule has 5 nitrogen and oxygen atoms in total. The second-order valence-corrected chi connectivity index (χ2v) is 7.03. The summed E-state index contributed by atoms with van der Waals surface area (Å²) in [4.78, 5) is 21.1. The van der Waals surface area contributed by atoms with E-state index in [1.54, 1.807) is 17.5 Å². The topological polar surface area (TPSA) is 64.1 Å². The molecule has 2 aromatic heterocycles. The average Bonchev–Trinajstić information content (AvgIpc) is 3.05. The number of fused-ring (bicyclic) bond motifs is 1. The third-order valence-corrected chi connectivity index (χ3v) is 5.41. The average molecular weight is 339 g/mol. The second kappa shape index (κ2) is 6.20. The summed E-state index contributed by atoms with van der Waals surface area (Å²) in [7, 11) is 1.44. The third kappa shape index (κ3) is 2.85. The summed E-state index contributed by atoms with van der Waals surface area (Å²) in [5, 5.41) is 6.60. The van der Waals surface area contributed by atoms with Gasteiger partial charge >= 0.3 is 5.97 Å². The number of esters is 1. The van der Waals surface area contributed by atoms with Crippen LogP contribution in [0.5, 0.6) is 0 Å². The zero-order valence-electron chi connectivity index (χ0n) is 13.2. The number of nitrogens with zero attached hydrogens (tertiary/aromatic N) is 2. The van der Waals surface area contributed by atoms with Crippen LogP contribution < -0.4 is 5.32 Å². The van der Waals surface area contributed by atoms with Gasteiger partial charge in [-0.05, 0) is 35.9 Å². The van der Waals surface area contributed by atoms with Crippen molar-refractivity contribution in [2.45, 2.75) is 18.9 Å². The fourth-order valence-electron chi connectivity index (χ4n) is 2.98. The summed E-state index contributed by atoms with van der Waals surface area (Å²) in [6, 6.07) is 8.65. The van der Waals surface area contributed by atoms with Gasteiger partial charge < -0.3 is 10.1 Å². The Labute approximate surface area is 143 Å². The van der Waals surface area contributed by atoms with Crippen molar-refractivity contribution in [3.05, 3.63) is 42.9 Å². The minimum Gasteiger partial charge on any atom is -0.469 e. The van der Waals surface area contributed by atoms with Crippen molar-refractivity contribution in [1.29, 1.82) is 0 Å². The molecule has 1 aliphatic rings. The van der Waals surface area contributed by atoms with Crippen molar-refractivity contribution in [1.82, 2.24) is 9.97 Å². The number of hydrogen-bond acceptors (Lipinski definition) is 6. The summed E-state index contributed by atoms with van der Waals surface area (Å²) < 4.78 is 4.77. The van der Waals surface area contributed by atoms with Crippen LogP contribution in [0.4, 0.5) is 5.13 Å². The number of aromatic nitrogens is 2. The van der Waals surface area contributed by atoms with Gasteiger partial charge in [0.15, 0.2) is 5.13 Å². The summed E-state index contributed by atoms with van der Waals surface area (Å²) in [5.41, 5.74) is 1.15. The summed E-state index contributed by atoms with van der Waals surface area (Å²) >= 11 is 1.63. The molecule has 1 fully saturated rings. The van der Waals surface area contributed by atoms with E-state index in [0.29, 0.717) is 6.04 Å². The minimum absolute atomic E-state index is 0.0287. The molecule has 0 spiro atoms. The molecule has 3 aromatic rings. The molecule has 0 saturated heterocycles. The maximum absolute atomic E-state index is 11.4. The maximum Gasteiger partial charge on any atom is 0.308 e. The SMILES string of the molecule is COC(=O)C1CC(Nc2ncc(-c3ccc4cnccc4c3)s2)C1. The molecule has 1 saturated carbocycles. The summed E-state index contributed by atoms with van der Waals surface area (Å²) in [5.74, 6) is -0.0837. The highest BCUT2D eigenvalue weighted by molar-refractivity contribution is 7.18. The molecular formula is C18H17N3O2S. The number of methoxy groups -OCH3 is 1.